The largest absolute Gasteiger partial charge is 0.462 e. The molecule has 1 atom stereocenters. The number of nitrogens with zero attached hydrogens (tertiary/aromatic N) is 1. The van der Waals surface area contributed by atoms with E-state index in [0.717, 1.165) is 21.8 Å². The Balaban J connectivity index is 1.52. The van der Waals surface area contributed by atoms with Crippen LogP contribution in [-0.2, 0) is 19.9 Å². The maximum absolute atomic E-state index is 13.2. The fraction of sp³-hybridized carbons (Fsp3) is 0.231. The minimum Gasteiger partial charge on any atom is -0.462 e. The van der Waals surface area contributed by atoms with Gasteiger partial charge in [-0.1, -0.05) is 42.5 Å². The van der Waals surface area contributed by atoms with E-state index in [0.29, 0.717) is 11.1 Å². The minimum absolute atomic E-state index is 0.108. The summed E-state index contributed by atoms with van der Waals surface area (Å²) in [6, 6.07) is 13.5. The van der Waals surface area contributed by atoms with Gasteiger partial charge >= 0.3 is 18.6 Å². The molecule has 0 unspecified atom stereocenters. The predicted octanol–water partition coefficient (Wildman–Crippen LogP) is 4.60. The molecule has 2 heterocycles. The van der Waals surface area contributed by atoms with Gasteiger partial charge in [-0.05, 0) is 37.1 Å². The number of hydrogen-bond acceptors (Lipinski definition) is 7. The zero-order valence-corrected chi connectivity index (χ0v) is 21.1. The minimum atomic E-state index is -3.00. The SMILES string of the molecule is CCOC(=O)c1c(-c2ccccc2)csc1NC(=O)CN1C(=O)N[C@@](C)(c2ccc(OC(F)F)cc2)C1=O. The van der Waals surface area contributed by atoms with E-state index in [2.05, 4.69) is 15.4 Å². The number of urea groups is 1. The first-order chi connectivity index (χ1) is 18.1. The number of rotatable bonds is 9. The number of hydrogen-bond donors (Lipinski definition) is 2. The van der Waals surface area contributed by atoms with E-state index in [1.165, 1.54) is 31.2 Å². The number of nitrogens with one attached hydrogen (secondary N) is 2. The average molecular weight is 544 g/mol. The van der Waals surface area contributed by atoms with Crippen LogP contribution in [0.5, 0.6) is 5.75 Å². The fourth-order valence-corrected chi connectivity index (χ4v) is 4.98. The molecular formula is C26H23F2N3O6S. The number of halogens is 2. The highest BCUT2D eigenvalue weighted by Crippen LogP contribution is 2.36. The molecule has 1 aromatic heterocycles. The Labute approximate surface area is 220 Å². The molecular weight excluding hydrogens is 520 g/mol. The van der Waals surface area contributed by atoms with Gasteiger partial charge in [-0.25, -0.2) is 9.59 Å². The van der Waals surface area contributed by atoms with Crippen LogP contribution in [0.15, 0.2) is 60.0 Å². The lowest BCUT2D eigenvalue weighted by molar-refractivity contribution is -0.133. The van der Waals surface area contributed by atoms with Crippen LogP contribution in [0.2, 0.25) is 0 Å². The quantitative estimate of drug-likeness (QED) is 0.301. The van der Waals surface area contributed by atoms with Crippen molar-refractivity contribution < 1.29 is 37.4 Å². The van der Waals surface area contributed by atoms with E-state index in [9.17, 15) is 28.0 Å². The molecule has 4 amide bonds. The monoisotopic (exact) mass is 543 g/mol. The first kappa shape index (κ1) is 26.7. The molecule has 0 radical (unpaired) electrons. The highest BCUT2D eigenvalue weighted by atomic mass is 32.1. The van der Waals surface area contributed by atoms with Crippen LogP contribution >= 0.6 is 11.3 Å². The lowest BCUT2D eigenvalue weighted by atomic mass is 9.92. The number of ether oxygens (including phenoxy) is 2. The highest BCUT2D eigenvalue weighted by Gasteiger charge is 2.49. The van der Waals surface area contributed by atoms with Crippen molar-refractivity contribution in [3.8, 4) is 16.9 Å². The Kier molecular flexibility index (Phi) is 7.72. The maximum atomic E-state index is 13.2. The van der Waals surface area contributed by atoms with Crippen molar-refractivity contribution in [3.05, 3.63) is 71.1 Å². The molecule has 1 aliphatic rings. The molecule has 0 bridgehead atoms. The van der Waals surface area contributed by atoms with Crippen molar-refractivity contribution in [1.82, 2.24) is 10.2 Å². The summed E-state index contributed by atoms with van der Waals surface area (Å²) < 4.78 is 34.4. The lowest BCUT2D eigenvalue weighted by Gasteiger charge is -2.22. The summed E-state index contributed by atoms with van der Waals surface area (Å²) in [7, 11) is 0. The van der Waals surface area contributed by atoms with Gasteiger partial charge in [-0.2, -0.15) is 8.78 Å². The summed E-state index contributed by atoms with van der Waals surface area (Å²) in [6.45, 7) is -0.383. The fourth-order valence-electron chi connectivity index (χ4n) is 4.00. The number of carbonyl (C=O) groups is 4. The summed E-state index contributed by atoms with van der Waals surface area (Å²) >= 11 is 1.11. The third-order valence-corrected chi connectivity index (χ3v) is 6.74. The standard InChI is InChI=1S/C26H23F2N3O6S/c1-3-36-22(33)20-18(15-7-5-4-6-8-15)14-38-21(20)29-19(32)13-31-23(34)26(2,30-25(31)35)16-9-11-17(12-10-16)37-24(27)28/h4-12,14,24H,3,13H2,1-2H3,(H,29,32)(H,30,35)/t26-/m0/s1. The third kappa shape index (κ3) is 5.35. The lowest BCUT2D eigenvalue weighted by Crippen LogP contribution is -2.42. The normalized spacial score (nSPS) is 16.9. The second kappa shape index (κ2) is 11.0. The number of alkyl halides is 2. The summed E-state index contributed by atoms with van der Waals surface area (Å²) in [5.74, 6) is -2.14. The summed E-state index contributed by atoms with van der Waals surface area (Å²) in [5.41, 5.74) is 0.286. The van der Waals surface area contributed by atoms with Gasteiger partial charge in [0.25, 0.3) is 5.91 Å². The summed E-state index contributed by atoms with van der Waals surface area (Å²) in [5, 5.41) is 7.09. The molecule has 0 aliphatic carbocycles. The topological polar surface area (TPSA) is 114 Å². The average Bonchev–Trinajstić information content (AvgIpc) is 3.39. The number of carbonyl (C=O) groups excluding carboxylic acids is 4. The van der Waals surface area contributed by atoms with E-state index in [1.807, 2.05) is 30.3 Å². The van der Waals surface area contributed by atoms with Crippen LogP contribution in [0.1, 0.15) is 29.8 Å². The molecule has 9 nitrogen and oxygen atoms in total. The molecule has 2 aromatic carbocycles. The summed E-state index contributed by atoms with van der Waals surface area (Å²) in [4.78, 5) is 52.2. The van der Waals surface area contributed by atoms with Crippen LogP contribution in [-0.4, -0.2) is 48.5 Å². The van der Waals surface area contributed by atoms with Crippen molar-refractivity contribution >= 4 is 40.2 Å². The van der Waals surface area contributed by atoms with E-state index in [1.54, 1.807) is 12.3 Å². The van der Waals surface area contributed by atoms with Gasteiger partial charge in [0.15, 0.2) is 0 Å². The van der Waals surface area contributed by atoms with Crippen LogP contribution in [0.4, 0.5) is 18.6 Å². The van der Waals surface area contributed by atoms with Gasteiger partial charge < -0.3 is 20.1 Å². The van der Waals surface area contributed by atoms with Gasteiger partial charge in [0, 0.05) is 10.9 Å². The molecule has 198 valence electrons. The molecule has 12 heteroatoms. The zero-order chi connectivity index (χ0) is 27.4. The van der Waals surface area contributed by atoms with Gasteiger partial charge in [-0.3, -0.25) is 14.5 Å². The second-order valence-electron chi connectivity index (χ2n) is 8.34. The number of thiophene rings is 1. The highest BCUT2D eigenvalue weighted by molar-refractivity contribution is 7.15. The first-order valence-corrected chi connectivity index (χ1v) is 12.3. The number of anilines is 1. The number of esters is 1. The van der Waals surface area contributed by atoms with Crippen molar-refractivity contribution in [1.29, 1.82) is 0 Å². The number of amides is 4. The Morgan fingerprint density at radius 2 is 1.79 bits per heavy atom. The first-order valence-electron chi connectivity index (χ1n) is 11.5. The van der Waals surface area contributed by atoms with Crippen molar-refractivity contribution in [2.75, 3.05) is 18.5 Å². The van der Waals surface area contributed by atoms with Crippen LogP contribution in [0, 0.1) is 0 Å². The van der Waals surface area contributed by atoms with Crippen LogP contribution in [0.25, 0.3) is 11.1 Å². The Hall–Kier alpha value is -4.32. The van der Waals surface area contributed by atoms with E-state index >= 15 is 0 Å². The number of benzene rings is 2. The predicted molar refractivity (Wildman–Crippen MR) is 135 cm³/mol. The Morgan fingerprint density at radius 3 is 2.42 bits per heavy atom. The van der Waals surface area contributed by atoms with E-state index < -0.39 is 42.5 Å². The van der Waals surface area contributed by atoms with Gasteiger partial charge in [0.05, 0.1) is 6.61 Å². The molecule has 4 rings (SSSR count). The van der Waals surface area contributed by atoms with Gasteiger partial charge in [0.1, 0.15) is 28.4 Å². The summed E-state index contributed by atoms with van der Waals surface area (Å²) in [6.07, 6.45) is 0. The molecule has 1 aliphatic heterocycles. The molecule has 3 aromatic rings. The molecule has 38 heavy (non-hydrogen) atoms. The van der Waals surface area contributed by atoms with E-state index in [4.69, 9.17) is 4.74 Å². The third-order valence-electron chi connectivity index (χ3n) is 5.84. The van der Waals surface area contributed by atoms with E-state index in [-0.39, 0.29) is 22.9 Å². The van der Waals surface area contributed by atoms with Crippen molar-refractivity contribution in [3.63, 3.8) is 0 Å². The molecule has 1 saturated heterocycles. The molecule has 2 N–H and O–H groups in total. The zero-order valence-electron chi connectivity index (χ0n) is 20.3. The molecule has 0 saturated carbocycles. The molecule has 1 fully saturated rings. The van der Waals surface area contributed by atoms with Crippen molar-refractivity contribution in [2.45, 2.75) is 26.0 Å². The van der Waals surface area contributed by atoms with Crippen LogP contribution in [0.3, 0.4) is 0 Å². The smallest absolute Gasteiger partial charge is 0.387 e. The van der Waals surface area contributed by atoms with Crippen LogP contribution < -0.4 is 15.4 Å². The second-order valence-corrected chi connectivity index (χ2v) is 9.22. The van der Waals surface area contributed by atoms with Crippen molar-refractivity contribution in [2.24, 2.45) is 0 Å². The maximum Gasteiger partial charge on any atom is 0.387 e. The van der Waals surface area contributed by atoms with Gasteiger partial charge in [-0.15, -0.1) is 11.3 Å². The number of imide groups is 1. The van der Waals surface area contributed by atoms with Gasteiger partial charge in [0.2, 0.25) is 5.91 Å². The Morgan fingerprint density at radius 1 is 1.11 bits per heavy atom. The Bertz CT molecular complexity index is 1360. The molecule has 0 spiro atoms.